The number of benzene rings is 1. The lowest BCUT2D eigenvalue weighted by atomic mass is 10.00. The number of aliphatic hydroxyl groups is 1. The highest BCUT2D eigenvalue weighted by Crippen LogP contribution is 2.49. The zero-order valence-electron chi connectivity index (χ0n) is 22.4. The number of nitrogens with one attached hydrogen (secondary N) is 3. The van der Waals surface area contributed by atoms with Gasteiger partial charge in [0.1, 0.15) is 5.75 Å². The van der Waals surface area contributed by atoms with Crippen LogP contribution in [0.25, 0.3) is 0 Å². The van der Waals surface area contributed by atoms with E-state index in [0.717, 1.165) is 12.7 Å². The van der Waals surface area contributed by atoms with Gasteiger partial charge in [-0.05, 0) is 48.6 Å². The lowest BCUT2D eigenvalue weighted by molar-refractivity contribution is -0.137. The van der Waals surface area contributed by atoms with Crippen molar-refractivity contribution in [3.05, 3.63) is 58.8 Å². The lowest BCUT2D eigenvalue weighted by Crippen LogP contribution is -2.52. The molecule has 220 valence electrons. The van der Waals surface area contributed by atoms with Gasteiger partial charge in [0.2, 0.25) is 24.8 Å². The number of sulfonamides is 2. The second-order valence-corrected chi connectivity index (χ2v) is 14.0. The van der Waals surface area contributed by atoms with Gasteiger partial charge in [-0.15, -0.1) is 0 Å². The molecule has 0 amide bonds. The first-order valence-electron chi connectivity index (χ1n) is 13.1. The molecule has 6 N–H and O–H groups in total. The van der Waals surface area contributed by atoms with Gasteiger partial charge in [-0.1, -0.05) is 31.6 Å². The van der Waals surface area contributed by atoms with Crippen LogP contribution in [0.3, 0.4) is 0 Å². The Balaban J connectivity index is 1.40. The molecule has 12 nitrogen and oxygen atoms in total. The summed E-state index contributed by atoms with van der Waals surface area (Å²) >= 11 is 0. The number of unbranched alkanes of at least 4 members (excludes halogenated alkanes) is 1. The summed E-state index contributed by atoms with van der Waals surface area (Å²) in [4.78, 5) is 14.5. The van der Waals surface area contributed by atoms with Crippen LogP contribution in [0.15, 0.2) is 53.3 Å². The van der Waals surface area contributed by atoms with Crippen LogP contribution in [0.5, 0.6) is 5.75 Å². The number of allylic oxidation sites excluding steroid dienone is 3. The van der Waals surface area contributed by atoms with E-state index in [-0.39, 0.29) is 41.7 Å². The van der Waals surface area contributed by atoms with Crippen LogP contribution in [-0.4, -0.2) is 86.2 Å². The minimum absolute atomic E-state index is 0.0177. The van der Waals surface area contributed by atoms with Crippen molar-refractivity contribution in [2.75, 3.05) is 37.2 Å². The second kappa shape index (κ2) is 11.5. The van der Waals surface area contributed by atoms with Gasteiger partial charge in [0.25, 0.3) is 0 Å². The highest BCUT2D eigenvalue weighted by atomic mass is 32.2. The number of phenolic OH excluding ortho intramolecular Hbond substituents is 1. The minimum atomic E-state index is -4.23. The number of aliphatic hydroxyl groups excluding tert-OH is 1. The number of fused-ring (bicyclic) bond motifs is 2. The quantitative estimate of drug-likeness (QED) is 0.143. The zero-order chi connectivity index (χ0) is 29.3. The number of rotatable bonds is 13. The topological polar surface area (TPSA) is 185 Å². The molecule has 1 aliphatic heterocycles. The summed E-state index contributed by atoms with van der Waals surface area (Å²) in [5.41, 5.74) is 1.51. The van der Waals surface area contributed by atoms with Gasteiger partial charge >= 0.3 is 5.97 Å². The van der Waals surface area contributed by atoms with Crippen molar-refractivity contribution in [1.82, 2.24) is 14.9 Å². The summed E-state index contributed by atoms with van der Waals surface area (Å²) in [6, 6.07) is 4.26. The SMILES string of the molecule is CCCCNS(=O)(=O)C1(C(=O)O)C2=CC(N3CCC(NCC(O)c4ccc(O)c(NS(C)(=O)=O)c4)CC3)=C1C=C2. The van der Waals surface area contributed by atoms with Crippen molar-refractivity contribution in [3.8, 4) is 5.75 Å². The van der Waals surface area contributed by atoms with E-state index in [1.165, 1.54) is 18.2 Å². The molecule has 1 aromatic carbocycles. The Hall–Kier alpha value is -2.91. The van der Waals surface area contributed by atoms with Crippen molar-refractivity contribution in [2.24, 2.45) is 0 Å². The Kier molecular flexibility index (Phi) is 8.66. The van der Waals surface area contributed by atoms with Gasteiger partial charge in [0.05, 0.1) is 18.0 Å². The van der Waals surface area contributed by atoms with Crippen LogP contribution in [0, 0.1) is 0 Å². The molecular formula is C26H36N4O8S2. The highest BCUT2D eigenvalue weighted by molar-refractivity contribution is 7.92. The van der Waals surface area contributed by atoms with Crippen molar-refractivity contribution in [3.63, 3.8) is 0 Å². The van der Waals surface area contributed by atoms with E-state index in [1.54, 1.807) is 18.2 Å². The molecule has 40 heavy (non-hydrogen) atoms. The van der Waals surface area contributed by atoms with E-state index in [4.69, 9.17) is 0 Å². The maximum absolute atomic E-state index is 13.3. The first-order valence-corrected chi connectivity index (χ1v) is 16.5. The number of anilines is 1. The largest absolute Gasteiger partial charge is 0.506 e. The van der Waals surface area contributed by atoms with Crippen molar-refractivity contribution in [1.29, 1.82) is 0 Å². The number of carboxylic acid groups (broad SMARTS) is 1. The van der Waals surface area contributed by atoms with Crippen LogP contribution < -0.4 is 14.8 Å². The Labute approximate surface area is 234 Å². The summed E-state index contributed by atoms with van der Waals surface area (Å²) in [6.07, 6.45) is 7.54. The standard InChI is InChI=1S/C26H36N4O8S2/c1-3-4-11-28-40(37,38)26(25(33)34)18-6-7-20(26)22(15-18)30-12-9-19(10-13-30)27-16-24(32)17-5-8-23(31)21(14-17)29-39(2,35)36/h5-8,14-15,19,24,27-29,31-32H,3-4,9-13,16H2,1-2H3,(H,33,34). The van der Waals surface area contributed by atoms with E-state index >= 15 is 0 Å². The Morgan fingerprint density at radius 3 is 2.50 bits per heavy atom. The number of carbonyl (C=O) groups is 1. The van der Waals surface area contributed by atoms with Crippen molar-refractivity contribution < 1.29 is 36.9 Å². The number of hydrogen-bond donors (Lipinski definition) is 6. The molecule has 0 spiro atoms. The molecule has 2 aliphatic carbocycles. The Bertz CT molecular complexity index is 1460. The molecular weight excluding hydrogens is 560 g/mol. The number of carboxylic acids is 1. The first-order chi connectivity index (χ1) is 18.8. The summed E-state index contributed by atoms with van der Waals surface area (Å²) in [5.74, 6) is -1.67. The zero-order valence-corrected chi connectivity index (χ0v) is 24.1. The van der Waals surface area contributed by atoms with Gasteiger partial charge < -0.3 is 25.5 Å². The molecule has 2 atom stereocenters. The number of aliphatic carboxylic acids is 1. The predicted octanol–water partition coefficient (Wildman–Crippen LogP) is 1.16. The number of hydrogen-bond acceptors (Lipinski definition) is 9. The van der Waals surface area contributed by atoms with Gasteiger partial charge in [0.15, 0.2) is 0 Å². The Morgan fingerprint density at radius 2 is 1.88 bits per heavy atom. The Morgan fingerprint density at radius 1 is 1.18 bits per heavy atom. The monoisotopic (exact) mass is 596 g/mol. The molecule has 0 saturated carbocycles. The van der Waals surface area contributed by atoms with Gasteiger partial charge in [-0.25, -0.2) is 26.4 Å². The van der Waals surface area contributed by atoms with E-state index in [1.807, 2.05) is 11.8 Å². The van der Waals surface area contributed by atoms with E-state index in [2.05, 4.69) is 14.8 Å². The molecule has 14 heteroatoms. The number of nitrogens with zero attached hydrogens (tertiary/aromatic N) is 1. The van der Waals surface area contributed by atoms with Crippen LogP contribution in [0.4, 0.5) is 5.69 Å². The molecule has 2 unspecified atom stereocenters. The van der Waals surface area contributed by atoms with Crippen LogP contribution in [0.1, 0.15) is 44.3 Å². The van der Waals surface area contributed by atoms with E-state index in [9.17, 15) is 36.9 Å². The molecule has 1 aromatic rings. The molecule has 4 rings (SSSR count). The highest BCUT2D eigenvalue weighted by Gasteiger charge is 2.61. The van der Waals surface area contributed by atoms with Crippen LogP contribution >= 0.6 is 0 Å². The normalized spacial score (nSPS) is 22.1. The predicted molar refractivity (Wildman–Crippen MR) is 151 cm³/mol. The van der Waals surface area contributed by atoms with Crippen LogP contribution in [-0.2, 0) is 24.8 Å². The summed E-state index contributed by atoms with van der Waals surface area (Å²) in [5, 5.41) is 34.0. The molecule has 1 saturated heterocycles. The molecule has 1 heterocycles. The third kappa shape index (κ3) is 5.77. The van der Waals surface area contributed by atoms with Gasteiger partial charge in [-0.2, -0.15) is 0 Å². The molecule has 1 fully saturated rings. The minimum Gasteiger partial charge on any atom is -0.506 e. The van der Waals surface area contributed by atoms with E-state index < -0.39 is 36.9 Å². The van der Waals surface area contributed by atoms with Crippen molar-refractivity contribution in [2.45, 2.75) is 49.5 Å². The summed E-state index contributed by atoms with van der Waals surface area (Å²) in [7, 11) is -7.84. The summed E-state index contributed by atoms with van der Waals surface area (Å²) < 4.78 is 52.2. The number of likely N-dealkylation sites (tertiary alicyclic amines) is 1. The number of aromatic hydroxyl groups is 1. The fraction of sp³-hybridized carbons (Fsp3) is 0.500. The second-order valence-electron chi connectivity index (χ2n) is 10.3. The van der Waals surface area contributed by atoms with Gasteiger partial charge in [-0.3, -0.25) is 4.72 Å². The third-order valence-corrected chi connectivity index (χ3v) is 10.1. The molecule has 2 bridgehead atoms. The third-order valence-electron chi connectivity index (χ3n) is 7.45. The molecule has 0 radical (unpaired) electrons. The molecule has 0 aromatic heterocycles. The lowest BCUT2D eigenvalue weighted by Gasteiger charge is -2.36. The first kappa shape index (κ1) is 30.1. The maximum atomic E-state index is 13.3. The smallest absolute Gasteiger partial charge is 0.335 e. The number of piperidine rings is 1. The molecule has 3 aliphatic rings. The van der Waals surface area contributed by atoms with Crippen LogP contribution in [0.2, 0.25) is 0 Å². The summed E-state index contributed by atoms with van der Waals surface area (Å²) in [6.45, 7) is 3.41. The van der Waals surface area contributed by atoms with E-state index in [0.29, 0.717) is 43.6 Å². The van der Waals surface area contributed by atoms with Crippen molar-refractivity contribution >= 4 is 31.7 Å². The average molecular weight is 597 g/mol. The number of phenols is 1. The fourth-order valence-corrected chi connectivity index (χ4v) is 7.70. The maximum Gasteiger partial charge on any atom is 0.335 e. The fourth-order valence-electron chi connectivity index (χ4n) is 5.37. The van der Waals surface area contributed by atoms with Gasteiger partial charge in [0, 0.05) is 43.5 Å². The average Bonchev–Trinajstić information content (AvgIpc) is 3.43.